The van der Waals surface area contributed by atoms with E-state index in [1.807, 2.05) is 6.07 Å². The van der Waals surface area contributed by atoms with Crippen molar-refractivity contribution in [3.8, 4) is 0 Å². The van der Waals surface area contributed by atoms with Crippen LogP contribution in [0.2, 0.25) is 8.67 Å². The molecule has 1 atom stereocenters. The van der Waals surface area contributed by atoms with Crippen molar-refractivity contribution in [2.24, 2.45) is 0 Å². The Morgan fingerprint density at radius 1 is 1.15 bits per heavy atom. The van der Waals surface area contributed by atoms with Gasteiger partial charge in [0.15, 0.2) is 0 Å². The Morgan fingerprint density at radius 3 is 2.40 bits per heavy atom. The number of hydrogen-bond donors (Lipinski definition) is 1. The van der Waals surface area contributed by atoms with Crippen molar-refractivity contribution < 1.29 is 0 Å². The quantitative estimate of drug-likeness (QED) is 0.659. The van der Waals surface area contributed by atoms with Gasteiger partial charge in [-0.05, 0) is 49.2 Å². The van der Waals surface area contributed by atoms with E-state index in [0.29, 0.717) is 0 Å². The minimum atomic E-state index is 0.0723. The summed E-state index contributed by atoms with van der Waals surface area (Å²) in [7, 11) is 0. The van der Waals surface area contributed by atoms with Crippen molar-refractivity contribution >= 4 is 50.5 Å². The lowest BCUT2D eigenvalue weighted by Gasteiger charge is -2.21. The van der Waals surface area contributed by atoms with Crippen LogP contribution in [0.15, 0.2) is 22.7 Å². The van der Waals surface area contributed by atoms with Crippen LogP contribution in [0.4, 0.5) is 0 Å². The van der Waals surface area contributed by atoms with Crippen LogP contribution in [0.25, 0.3) is 0 Å². The minimum absolute atomic E-state index is 0.0723. The fourth-order valence-corrected chi connectivity index (χ4v) is 4.25. The molecule has 0 radical (unpaired) electrons. The minimum Gasteiger partial charge on any atom is -0.306 e. The first-order valence-electron chi connectivity index (χ1n) is 6.38. The molecule has 0 aliphatic heterocycles. The van der Waals surface area contributed by atoms with E-state index >= 15 is 0 Å². The van der Waals surface area contributed by atoms with Crippen LogP contribution in [0.3, 0.4) is 0 Å². The summed E-state index contributed by atoms with van der Waals surface area (Å²) in [6.45, 7) is 7.17. The molecule has 1 nitrogen and oxygen atoms in total. The zero-order valence-corrected chi connectivity index (χ0v) is 15.5. The highest BCUT2D eigenvalue weighted by molar-refractivity contribution is 9.10. The van der Waals surface area contributed by atoms with Crippen LogP contribution in [0.1, 0.15) is 35.2 Å². The fourth-order valence-electron chi connectivity index (χ4n) is 2.26. The molecule has 0 aliphatic carbocycles. The van der Waals surface area contributed by atoms with Crippen molar-refractivity contribution in [2.75, 3.05) is 6.54 Å². The number of rotatable bonds is 4. The largest absolute Gasteiger partial charge is 0.306 e. The first-order valence-corrected chi connectivity index (χ1v) is 8.75. The lowest BCUT2D eigenvalue weighted by Crippen LogP contribution is -2.22. The molecule has 0 aliphatic rings. The third-order valence-corrected chi connectivity index (χ3v) is 5.63. The van der Waals surface area contributed by atoms with Crippen molar-refractivity contribution in [1.29, 1.82) is 0 Å². The lowest BCUT2D eigenvalue weighted by molar-refractivity contribution is 0.629. The van der Waals surface area contributed by atoms with Gasteiger partial charge in [0.2, 0.25) is 0 Å². The van der Waals surface area contributed by atoms with Crippen LogP contribution >= 0.6 is 50.5 Å². The third kappa shape index (κ3) is 3.40. The van der Waals surface area contributed by atoms with E-state index in [9.17, 15) is 0 Å². The Hall–Kier alpha value is -0.0600. The molecule has 20 heavy (non-hydrogen) atoms. The second-order valence-corrected chi connectivity index (χ2v) is 7.87. The average Bonchev–Trinajstić information content (AvgIpc) is 2.70. The highest BCUT2D eigenvalue weighted by Crippen LogP contribution is 2.39. The normalized spacial score (nSPS) is 12.7. The predicted molar refractivity (Wildman–Crippen MR) is 93.5 cm³/mol. The molecule has 2 rings (SSSR count). The van der Waals surface area contributed by atoms with Crippen molar-refractivity contribution in [3.05, 3.63) is 53.6 Å². The summed E-state index contributed by atoms with van der Waals surface area (Å²) in [6.07, 6.45) is 0. The monoisotopic (exact) mass is 391 g/mol. The number of thiophene rings is 1. The molecule has 0 saturated carbocycles. The molecule has 1 N–H and O–H groups in total. The summed E-state index contributed by atoms with van der Waals surface area (Å²) in [5.41, 5.74) is 4.73. The molecule has 0 saturated heterocycles. The second kappa shape index (κ2) is 6.80. The summed E-state index contributed by atoms with van der Waals surface area (Å²) >= 11 is 17.4. The summed E-state index contributed by atoms with van der Waals surface area (Å²) < 4.78 is 2.60. The zero-order chi connectivity index (χ0) is 14.9. The Kier molecular flexibility index (Phi) is 5.55. The molecule has 1 unspecified atom stereocenters. The topological polar surface area (TPSA) is 12.0 Å². The SMILES string of the molecule is CCNC(c1cc(C)c(Br)cc1C)c1cc(Cl)sc1Cl. The zero-order valence-electron chi connectivity index (χ0n) is 11.6. The molecule has 0 bridgehead atoms. The number of aryl methyl sites for hydroxylation is 2. The summed E-state index contributed by atoms with van der Waals surface area (Å²) in [6, 6.07) is 6.38. The maximum Gasteiger partial charge on any atom is 0.0995 e. The lowest BCUT2D eigenvalue weighted by atomic mass is 9.95. The standard InChI is InChI=1S/C15H16BrCl2NS/c1-4-19-14(11-7-13(17)20-15(11)18)10-5-9(3)12(16)6-8(10)2/h5-7,14,19H,4H2,1-3H3. The molecule has 108 valence electrons. The molecule has 2 aromatic rings. The smallest absolute Gasteiger partial charge is 0.0995 e. The van der Waals surface area contributed by atoms with Gasteiger partial charge in [-0.15, -0.1) is 11.3 Å². The number of benzene rings is 1. The molecular formula is C15H16BrCl2NS. The van der Waals surface area contributed by atoms with E-state index < -0.39 is 0 Å². The predicted octanol–water partition coefficient (Wildman–Crippen LogP) is 6.13. The molecule has 0 amide bonds. The van der Waals surface area contributed by atoms with E-state index in [0.717, 1.165) is 25.3 Å². The van der Waals surface area contributed by atoms with Crippen molar-refractivity contribution in [3.63, 3.8) is 0 Å². The van der Waals surface area contributed by atoms with Crippen molar-refractivity contribution in [1.82, 2.24) is 5.32 Å². The van der Waals surface area contributed by atoms with Gasteiger partial charge in [0.25, 0.3) is 0 Å². The third-order valence-electron chi connectivity index (χ3n) is 3.26. The summed E-state index contributed by atoms with van der Waals surface area (Å²) in [4.78, 5) is 0. The highest BCUT2D eigenvalue weighted by Gasteiger charge is 2.21. The molecule has 1 aromatic carbocycles. The molecule has 0 fully saturated rings. The first-order chi connectivity index (χ1) is 9.43. The van der Waals surface area contributed by atoms with Gasteiger partial charge in [-0.1, -0.05) is 52.1 Å². The van der Waals surface area contributed by atoms with Gasteiger partial charge in [-0.25, -0.2) is 0 Å². The number of hydrogen-bond acceptors (Lipinski definition) is 2. The van der Waals surface area contributed by atoms with Gasteiger partial charge >= 0.3 is 0 Å². The average molecular weight is 393 g/mol. The van der Waals surface area contributed by atoms with Gasteiger partial charge in [-0.3, -0.25) is 0 Å². The molecule has 1 aromatic heterocycles. The molecule has 0 spiro atoms. The molecular weight excluding hydrogens is 377 g/mol. The van der Waals surface area contributed by atoms with Gasteiger partial charge in [0.1, 0.15) is 0 Å². The maximum atomic E-state index is 6.33. The van der Waals surface area contributed by atoms with E-state index in [4.69, 9.17) is 23.2 Å². The highest BCUT2D eigenvalue weighted by atomic mass is 79.9. The van der Waals surface area contributed by atoms with E-state index in [1.165, 1.54) is 28.0 Å². The van der Waals surface area contributed by atoms with Gasteiger partial charge in [-0.2, -0.15) is 0 Å². The first kappa shape index (κ1) is 16.3. The van der Waals surface area contributed by atoms with Gasteiger partial charge in [0, 0.05) is 10.0 Å². The Labute approximate surface area is 142 Å². The molecule has 5 heteroatoms. The molecule has 1 heterocycles. The van der Waals surface area contributed by atoms with Crippen LogP contribution in [0.5, 0.6) is 0 Å². The van der Waals surface area contributed by atoms with E-state index in [1.54, 1.807) is 0 Å². The summed E-state index contributed by atoms with van der Waals surface area (Å²) in [5, 5.41) is 3.51. The maximum absolute atomic E-state index is 6.33. The Morgan fingerprint density at radius 2 is 1.85 bits per heavy atom. The van der Waals surface area contributed by atoms with Crippen LogP contribution in [-0.4, -0.2) is 6.54 Å². The number of halogens is 3. The van der Waals surface area contributed by atoms with Crippen LogP contribution in [-0.2, 0) is 0 Å². The Bertz CT molecular complexity index is 625. The fraction of sp³-hybridized carbons (Fsp3) is 0.333. The van der Waals surface area contributed by atoms with Crippen molar-refractivity contribution in [2.45, 2.75) is 26.8 Å². The van der Waals surface area contributed by atoms with Crippen LogP contribution < -0.4 is 5.32 Å². The van der Waals surface area contributed by atoms with E-state index in [-0.39, 0.29) is 6.04 Å². The Balaban J connectivity index is 2.54. The van der Waals surface area contributed by atoms with Gasteiger partial charge in [0.05, 0.1) is 14.7 Å². The second-order valence-electron chi connectivity index (χ2n) is 4.73. The van der Waals surface area contributed by atoms with Gasteiger partial charge < -0.3 is 5.32 Å². The summed E-state index contributed by atoms with van der Waals surface area (Å²) in [5.74, 6) is 0. The van der Waals surface area contributed by atoms with Crippen LogP contribution in [0, 0.1) is 13.8 Å². The number of nitrogens with one attached hydrogen (secondary N) is 1. The van der Waals surface area contributed by atoms with E-state index in [2.05, 4.69) is 54.2 Å².